The summed E-state index contributed by atoms with van der Waals surface area (Å²) in [5.41, 5.74) is 1.70. The van der Waals surface area contributed by atoms with Crippen molar-refractivity contribution in [2.24, 2.45) is 5.41 Å². The van der Waals surface area contributed by atoms with E-state index in [0.717, 1.165) is 19.8 Å². The van der Waals surface area contributed by atoms with Crippen LogP contribution in [0.2, 0.25) is 0 Å². The molecule has 0 spiro atoms. The van der Waals surface area contributed by atoms with E-state index < -0.39 is 0 Å². The minimum atomic E-state index is 0.345. The van der Waals surface area contributed by atoms with Crippen LogP contribution in [0, 0.1) is 8.99 Å². The van der Waals surface area contributed by atoms with Gasteiger partial charge in [0.15, 0.2) is 0 Å². The maximum absolute atomic E-state index is 5.25. The van der Waals surface area contributed by atoms with E-state index >= 15 is 0 Å². The fourth-order valence-corrected chi connectivity index (χ4v) is 2.18. The predicted octanol–water partition coefficient (Wildman–Crippen LogP) is 2.98. The lowest BCUT2D eigenvalue weighted by Gasteiger charge is -2.39. The third-order valence-corrected chi connectivity index (χ3v) is 3.83. The smallest absolute Gasteiger partial charge is 0.0554 e. The predicted molar refractivity (Wildman–Crippen MR) is 74.5 cm³/mol. The van der Waals surface area contributed by atoms with Crippen molar-refractivity contribution in [2.45, 2.75) is 19.9 Å². The second-order valence-corrected chi connectivity index (χ2v) is 6.20. The Bertz CT molecular complexity index is 345. The molecule has 1 atom stereocenters. The topological polar surface area (TPSA) is 21.3 Å². The van der Waals surface area contributed by atoms with Gasteiger partial charge in [-0.1, -0.05) is 19.1 Å². The molecule has 1 saturated heterocycles. The minimum Gasteiger partial charge on any atom is -0.380 e. The third kappa shape index (κ3) is 2.96. The van der Waals surface area contributed by atoms with Gasteiger partial charge in [0.2, 0.25) is 0 Å². The first-order valence-electron chi connectivity index (χ1n) is 5.66. The standard InChI is InChI=1S/C13H18INO/c1-10(11-3-5-12(14)6-4-11)15-7-13(2)8-16-9-13/h3-6,10,15H,7-9H2,1-2H3. The van der Waals surface area contributed by atoms with Crippen LogP contribution in [-0.2, 0) is 4.74 Å². The van der Waals surface area contributed by atoms with Crippen molar-refractivity contribution in [1.82, 2.24) is 5.32 Å². The molecule has 1 aromatic carbocycles. The Hall–Kier alpha value is -0.130. The second kappa shape index (κ2) is 5.02. The summed E-state index contributed by atoms with van der Waals surface area (Å²) in [4.78, 5) is 0. The maximum atomic E-state index is 5.25. The highest BCUT2D eigenvalue weighted by molar-refractivity contribution is 14.1. The van der Waals surface area contributed by atoms with E-state index in [1.165, 1.54) is 9.13 Å². The highest BCUT2D eigenvalue weighted by Gasteiger charge is 2.33. The van der Waals surface area contributed by atoms with Gasteiger partial charge in [-0.15, -0.1) is 0 Å². The fraction of sp³-hybridized carbons (Fsp3) is 0.538. The van der Waals surface area contributed by atoms with Gasteiger partial charge in [-0.3, -0.25) is 0 Å². The first-order valence-corrected chi connectivity index (χ1v) is 6.74. The lowest BCUT2D eigenvalue weighted by atomic mass is 9.88. The maximum Gasteiger partial charge on any atom is 0.0554 e. The largest absolute Gasteiger partial charge is 0.380 e. The van der Waals surface area contributed by atoms with Crippen molar-refractivity contribution in [2.75, 3.05) is 19.8 Å². The molecular formula is C13H18INO. The Labute approximate surface area is 111 Å². The lowest BCUT2D eigenvalue weighted by molar-refractivity contribution is -0.0999. The molecule has 3 heteroatoms. The van der Waals surface area contributed by atoms with Gasteiger partial charge in [0.25, 0.3) is 0 Å². The molecule has 1 N–H and O–H groups in total. The normalized spacial score (nSPS) is 20.2. The van der Waals surface area contributed by atoms with E-state index in [9.17, 15) is 0 Å². The molecule has 0 radical (unpaired) electrons. The van der Waals surface area contributed by atoms with Crippen LogP contribution in [-0.4, -0.2) is 19.8 Å². The van der Waals surface area contributed by atoms with Gasteiger partial charge in [-0.05, 0) is 47.2 Å². The van der Waals surface area contributed by atoms with Crippen LogP contribution >= 0.6 is 22.6 Å². The summed E-state index contributed by atoms with van der Waals surface area (Å²) >= 11 is 2.33. The number of hydrogen-bond acceptors (Lipinski definition) is 2. The van der Waals surface area contributed by atoms with E-state index in [1.54, 1.807) is 0 Å². The molecule has 1 aliphatic heterocycles. The molecule has 1 unspecified atom stereocenters. The Morgan fingerprint density at radius 1 is 1.38 bits per heavy atom. The summed E-state index contributed by atoms with van der Waals surface area (Å²) in [5.74, 6) is 0. The van der Waals surface area contributed by atoms with Crippen molar-refractivity contribution < 1.29 is 4.74 Å². The molecule has 88 valence electrons. The molecule has 0 saturated carbocycles. The second-order valence-electron chi connectivity index (χ2n) is 4.96. The summed E-state index contributed by atoms with van der Waals surface area (Å²) in [6.07, 6.45) is 0. The third-order valence-electron chi connectivity index (χ3n) is 3.11. The SMILES string of the molecule is CC(NCC1(C)COC1)c1ccc(I)cc1. The van der Waals surface area contributed by atoms with Gasteiger partial charge in [0, 0.05) is 21.6 Å². The molecule has 1 aliphatic rings. The number of rotatable bonds is 4. The number of nitrogens with one attached hydrogen (secondary N) is 1. The van der Waals surface area contributed by atoms with E-state index in [1.807, 2.05) is 0 Å². The summed E-state index contributed by atoms with van der Waals surface area (Å²) in [7, 11) is 0. The molecule has 16 heavy (non-hydrogen) atoms. The lowest BCUT2D eigenvalue weighted by Crippen LogP contribution is -2.47. The monoisotopic (exact) mass is 331 g/mol. The van der Waals surface area contributed by atoms with Crippen LogP contribution in [0.1, 0.15) is 25.5 Å². The molecule has 1 aromatic rings. The van der Waals surface area contributed by atoms with Crippen LogP contribution in [0.3, 0.4) is 0 Å². The zero-order valence-corrected chi connectivity index (χ0v) is 12.0. The summed E-state index contributed by atoms with van der Waals surface area (Å²) in [5, 5.41) is 3.58. The number of hydrogen-bond donors (Lipinski definition) is 1. The van der Waals surface area contributed by atoms with Crippen molar-refractivity contribution in [3.05, 3.63) is 33.4 Å². The highest BCUT2D eigenvalue weighted by Crippen LogP contribution is 2.26. The summed E-state index contributed by atoms with van der Waals surface area (Å²) < 4.78 is 6.54. The van der Waals surface area contributed by atoms with E-state index in [0.29, 0.717) is 11.5 Å². The van der Waals surface area contributed by atoms with Crippen molar-refractivity contribution >= 4 is 22.6 Å². The molecule has 1 fully saturated rings. The van der Waals surface area contributed by atoms with Crippen molar-refractivity contribution in [3.63, 3.8) is 0 Å². The van der Waals surface area contributed by atoms with E-state index in [2.05, 4.69) is 66.0 Å². The van der Waals surface area contributed by atoms with Crippen molar-refractivity contribution in [3.8, 4) is 0 Å². The summed E-state index contributed by atoms with van der Waals surface area (Å²) in [6, 6.07) is 9.11. The molecule has 1 heterocycles. The van der Waals surface area contributed by atoms with Crippen LogP contribution in [0.25, 0.3) is 0 Å². The van der Waals surface area contributed by atoms with Crippen LogP contribution in [0.5, 0.6) is 0 Å². The molecule has 2 rings (SSSR count). The molecule has 2 nitrogen and oxygen atoms in total. The molecular weight excluding hydrogens is 313 g/mol. The fourth-order valence-electron chi connectivity index (χ4n) is 1.82. The Morgan fingerprint density at radius 3 is 2.50 bits per heavy atom. The number of halogens is 1. The van der Waals surface area contributed by atoms with Crippen LogP contribution < -0.4 is 5.32 Å². The van der Waals surface area contributed by atoms with Gasteiger partial charge < -0.3 is 10.1 Å². The Morgan fingerprint density at radius 2 is 2.00 bits per heavy atom. The van der Waals surface area contributed by atoms with Gasteiger partial charge in [-0.25, -0.2) is 0 Å². The quantitative estimate of drug-likeness (QED) is 0.857. The van der Waals surface area contributed by atoms with E-state index in [-0.39, 0.29) is 0 Å². The van der Waals surface area contributed by atoms with Gasteiger partial charge in [0.1, 0.15) is 0 Å². The average Bonchev–Trinajstić information content (AvgIpc) is 2.24. The number of benzene rings is 1. The highest BCUT2D eigenvalue weighted by atomic mass is 127. The minimum absolute atomic E-state index is 0.345. The Balaban J connectivity index is 1.87. The average molecular weight is 331 g/mol. The molecule has 0 amide bonds. The first kappa shape index (κ1) is 12.3. The van der Waals surface area contributed by atoms with Gasteiger partial charge in [-0.2, -0.15) is 0 Å². The van der Waals surface area contributed by atoms with Crippen LogP contribution in [0.15, 0.2) is 24.3 Å². The van der Waals surface area contributed by atoms with Crippen molar-refractivity contribution in [1.29, 1.82) is 0 Å². The summed E-state index contributed by atoms with van der Waals surface area (Å²) in [6.45, 7) is 7.29. The molecule has 0 aromatic heterocycles. The van der Waals surface area contributed by atoms with E-state index in [4.69, 9.17) is 4.74 Å². The van der Waals surface area contributed by atoms with Crippen LogP contribution in [0.4, 0.5) is 0 Å². The zero-order valence-electron chi connectivity index (χ0n) is 9.79. The number of ether oxygens (including phenoxy) is 1. The molecule has 0 aliphatic carbocycles. The first-order chi connectivity index (χ1) is 7.59. The van der Waals surface area contributed by atoms with Gasteiger partial charge >= 0.3 is 0 Å². The zero-order chi connectivity index (χ0) is 11.6. The molecule has 0 bridgehead atoms. The Kier molecular flexibility index (Phi) is 3.87. The van der Waals surface area contributed by atoms with Gasteiger partial charge in [0.05, 0.1) is 13.2 Å².